The molecule has 0 spiro atoms. The summed E-state index contributed by atoms with van der Waals surface area (Å²) < 4.78 is 0. The molecule has 1 aromatic rings. The zero-order valence-corrected chi connectivity index (χ0v) is 8.37. The predicted octanol–water partition coefficient (Wildman–Crippen LogP) is 3.96. The van der Waals surface area contributed by atoms with Crippen molar-refractivity contribution in [2.45, 2.75) is 39.5 Å². The Morgan fingerprint density at radius 1 is 1.27 bits per heavy atom. The van der Waals surface area contributed by atoms with Gasteiger partial charge in [-0.3, -0.25) is 0 Å². The zero-order chi connectivity index (χ0) is 8.27. The van der Waals surface area contributed by atoms with Crippen molar-refractivity contribution >= 4 is 11.3 Å². The van der Waals surface area contributed by atoms with Crippen molar-refractivity contribution in [1.29, 1.82) is 0 Å². The number of hydrogen-bond donors (Lipinski definition) is 0. The molecule has 0 aliphatic heterocycles. The molecule has 0 aliphatic carbocycles. The Hall–Kier alpha value is -0.300. The van der Waals surface area contributed by atoms with Crippen molar-refractivity contribution in [3.63, 3.8) is 0 Å². The maximum absolute atomic E-state index is 2.28. The van der Waals surface area contributed by atoms with E-state index in [4.69, 9.17) is 0 Å². The average Bonchev–Trinajstić information content (AvgIpc) is 2.39. The van der Waals surface area contributed by atoms with Crippen molar-refractivity contribution < 1.29 is 0 Å². The highest BCUT2D eigenvalue weighted by atomic mass is 32.1. The molecule has 0 saturated carbocycles. The van der Waals surface area contributed by atoms with Crippen LogP contribution in [0, 0.1) is 6.92 Å². The van der Waals surface area contributed by atoms with Crippen molar-refractivity contribution in [3.05, 3.63) is 21.9 Å². The van der Waals surface area contributed by atoms with Crippen LogP contribution in [0.1, 0.15) is 42.4 Å². The molecular weight excluding hydrogens is 152 g/mol. The fourth-order valence-electron chi connectivity index (χ4n) is 1.36. The van der Waals surface area contributed by atoms with Crippen LogP contribution in [0.3, 0.4) is 0 Å². The Labute approximate surface area is 73.3 Å². The van der Waals surface area contributed by atoms with E-state index < -0.39 is 0 Å². The molecule has 0 aromatic carbocycles. The Bertz CT molecular complexity index is 208. The summed E-state index contributed by atoms with van der Waals surface area (Å²) in [6, 6.07) is 4.50. The molecule has 0 saturated heterocycles. The third-order valence-corrected chi connectivity index (χ3v) is 3.31. The predicted molar refractivity (Wildman–Crippen MR) is 52.4 cm³/mol. The molecule has 0 aliphatic rings. The molecule has 62 valence electrons. The summed E-state index contributed by atoms with van der Waals surface area (Å²) in [6.45, 7) is 6.71. The second-order valence-electron chi connectivity index (χ2n) is 2.96. The van der Waals surface area contributed by atoms with Gasteiger partial charge in [0.15, 0.2) is 0 Å². The van der Waals surface area contributed by atoms with Crippen LogP contribution in [0.5, 0.6) is 0 Å². The summed E-state index contributed by atoms with van der Waals surface area (Å²) in [6.07, 6.45) is 2.55. The van der Waals surface area contributed by atoms with Gasteiger partial charge in [-0.1, -0.05) is 13.8 Å². The van der Waals surface area contributed by atoms with Crippen LogP contribution in [0.4, 0.5) is 0 Å². The second kappa shape index (κ2) is 3.91. The van der Waals surface area contributed by atoms with Crippen molar-refractivity contribution in [1.82, 2.24) is 0 Å². The minimum atomic E-state index is 0.800. The molecule has 0 atom stereocenters. The lowest BCUT2D eigenvalue weighted by Gasteiger charge is -2.08. The molecule has 0 radical (unpaired) electrons. The lowest BCUT2D eigenvalue weighted by Crippen LogP contribution is -1.90. The molecule has 0 nitrogen and oxygen atoms in total. The van der Waals surface area contributed by atoms with Gasteiger partial charge >= 0.3 is 0 Å². The van der Waals surface area contributed by atoms with E-state index in [1.54, 1.807) is 4.88 Å². The van der Waals surface area contributed by atoms with Crippen molar-refractivity contribution in [2.75, 3.05) is 0 Å². The van der Waals surface area contributed by atoms with Gasteiger partial charge < -0.3 is 0 Å². The molecule has 1 aromatic heterocycles. The van der Waals surface area contributed by atoms with Crippen LogP contribution >= 0.6 is 11.3 Å². The third kappa shape index (κ3) is 2.06. The van der Waals surface area contributed by atoms with Gasteiger partial charge in [0.05, 0.1) is 0 Å². The first kappa shape index (κ1) is 8.79. The van der Waals surface area contributed by atoms with E-state index in [9.17, 15) is 0 Å². The maximum Gasteiger partial charge on any atom is 0.00788 e. The number of thiophene rings is 1. The Morgan fingerprint density at radius 3 is 2.27 bits per heavy atom. The van der Waals surface area contributed by atoms with Crippen LogP contribution in [-0.4, -0.2) is 0 Å². The normalized spacial score (nSPS) is 10.9. The van der Waals surface area contributed by atoms with Crippen LogP contribution in [-0.2, 0) is 0 Å². The molecule has 0 unspecified atom stereocenters. The van der Waals surface area contributed by atoms with E-state index in [2.05, 4.69) is 32.9 Å². The topological polar surface area (TPSA) is 0 Å². The largest absolute Gasteiger partial charge is 0.145 e. The van der Waals surface area contributed by atoms with Gasteiger partial charge in [0.25, 0.3) is 0 Å². The fourth-order valence-corrected chi connectivity index (χ4v) is 2.51. The van der Waals surface area contributed by atoms with E-state index in [1.807, 2.05) is 11.3 Å². The lowest BCUT2D eigenvalue weighted by molar-refractivity contribution is 0.653. The quantitative estimate of drug-likeness (QED) is 0.641. The molecule has 0 bridgehead atoms. The van der Waals surface area contributed by atoms with E-state index in [0.29, 0.717) is 0 Å². The van der Waals surface area contributed by atoms with E-state index in [0.717, 1.165) is 5.92 Å². The van der Waals surface area contributed by atoms with Gasteiger partial charge in [-0.2, -0.15) is 0 Å². The standard InChI is InChI=1S/C10H16S/c1-4-9(5-2)10-7-6-8(3)11-10/h6-7,9H,4-5H2,1-3H3. The van der Waals surface area contributed by atoms with Gasteiger partial charge in [0, 0.05) is 9.75 Å². The number of hydrogen-bond acceptors (Lipinski definition) is 1. The molecule has 0 amide bonds. The molecule has 0 fully saturated rings. The molecule has 11 heavy (non-hydrogen) atoms. The van der Waals surface area contributed by atoms with E-state index >= 15 is 0 Å². The van der Waals surface area contributed by atoms with Crippen LogP contribution in [0.15, 0.2) is 12.1 Å². The summed E-state index contributed by atoms with van der Waals surface area (Å²) in [5, 5.41) is 0. The fraction of sp³-hybridized carbons (Fsp3) is 0.600. The third-order valence-electron chi connectivity index (χ3n) is 2.15. The average molecular weight is 168 g/mol. The van der Waals surface area contributed by atoms with Gasteiger partial charge in [0.1, 0.15) is 0 Å². The summed E-state index contributed by atoms with van der Waals surface area (Å²) in [5.41, 5.74) is 0. The highest BCUT2D eigenvalue weighted by Crippen LogP contribution is 2.28. The lowest BCUT2D eigenvalue weighted by atomic mass is 10.0. The minimum absolute atomic E-state index is 0.800. The summed E-state index contributed by atoms with van der Waals surface area (Å²) in [5.74, 6) is 0.800. The van der Waals surface area contributed by atoms with Gasteiger partial charge in [-0.15, -0.1) is 11.3 Å². The first-order valence-electron chi connectivity index (χ1n) is 4.34. The van der Waals surface area contributed by atoms with Crippen molar-refractivity contribution in [3.8, 4) is 0 Å². The smallest absolute Gasteiger partial charge is 0.00788 e. The van der Waals surface area contributed by atoms with Crippen LogP contribution in [0.2, 0.25) is 0 Å². The summed E-state index contributed by atoms with van der Waals surface area (Å²) in [7, 11) is 0. The van der Waals surface area contributed by atoms with Gasteiger partial charge in [-0.25, -0.2) is 0 Å². The first-order valence-corrected chi connectivity index (χ1v) is 5.15. The zero-order valence-electron chi connectivity index (χ0n) is 7.55. The maximum atomic E-state index is 2.28. The highest BCUT2D eigenvalue weighted by Gasteiger charge is 2.07. The molecule has 1 rings (SSSR count). The summed E-state index contributed by atoms with van der Waals surface area (Å²) >= 11 is 1.94. The highest BCUT2D eigenvalue weighted by molar-refractivity contribution is 7.12. The van der Waals surface area contributed by atoms with E-state index in [1.165, 1.54) is 17.7 Å². The van der Waals surface area contributed by atoms with E-state index in [-0.39, 0.29) is 0 Å². The Morgan fingerprint density at radius 2 is 1.91 bits per heavy atom. The monoisotopic (exact) mass is 168 g/mol. The second-order valence-corrected chi connectivity index (χ2v) is 4.28. The molecule has 1 heterocycles. The van der Waals surface area contributed by atoms with Crippen molar-refractivity contribution in [2.24, 2.45) is 0 Å². The van der Waals surface area contributed by atoms with Crippen LogP contribution in [0.25, 0.3) is 0 Å². The van der Waals surface area contributed by atoms with Gasteiger partial charge in [-0.05, 0) is 37.8 Å². The number of rotatable bonds is 3. The number of aryl methyl sites for hydroxylation is 1. The Kier molecular flexibility index (Phi) is 3.13. The first-order chi connectivity index (χ1) is 5.27. The summed E-state index contributed by atoms with van der Waals surface area (Å²) in [4.78, 5) is 3.00. The molecular formula is C10H16S. The van der Waals surface area contributed by atoms with Crippen LogP contribution < -0.4 is 0 Å². The molecule has 0 N–H and O–H groups in total. The molecule has 1 heteroatoms. The SMILES string of the molecule is CCC(CC)c1ccc(C)s1. The van der Waals surface area contributed by atoms with Gasteiger partial charge in [0.2, 0.25) is 0 Å². The Balaban J connectivity index is 2.73. The minimum Gasteiger partial charge on any atom is -0.145 e.